The summed E-state index contributed by atoms with van der Waals surface area (Å²) in [5.74, 6) is 0. The van der Waals surface area contributed by atoms with Crippen LogP contribution in [0.1, 0.15) is 49.3 Å². The molecule has 1 unspecified atom stereocenters. The molecule has 1 aromatic carbocycles. The minimum atomic E-state index is 0.158. The van der Waals surface area contributed by atoms with E-state index in [4.69, 9.17) is 5.73 Å². The van der Waals surface area contributed by atoms with Gasteiger partial charge in [0.2, 0.25) is 0 Å². The van der Waals surface area contributed by atoms with Crippen LogP contribution in [0.3, 0.4) is 0 Å². The Bertz CT molecular complexity index is 487. The molecule has 1 saturated carbocycles. The summed E-state index contributed by atoms with van der Waals surface area (Å²) >= 11 is 0. The quantitative estimate of drug-likeness (QED) is 0.770. The normalized spacial score (nSPS) is 34.8. The highest BCUT2D eigenvalue weighted by molar-refractivity contribution is 5.37. The third-order valence-corrected chi connectivity index (χ3v) is 5.78. The zero-order valence-corrected chi connectivity index (χ0v) is 12.1. The zero-order chi connectivity index (χ0) is 13.6. The van der Waals surface area contributed by atoms with Crippen LogP contribution in [0.15, 0.2) is 24.3 Å². The zero-order valence-electron chi connectivity index (χ0n) is 12.1. The summed E-state index contributed by atoms with van der Waals surface area (Å²) in [6, 6.07) is 9.84. The van der Waals surface area contributed by atoms with Crippen LogP contribution in [0.25, 0.3) is 0 Å². The maximum absolute atomic E-state index is 6.47. The molecule has 0 radical (unpaired) electrons. The molecule has 20 heavy (non-hydrogen) atoms. The molecule has 3 aliphatic rings. The highest BCUT2D eigenvalue weighted by atomic mass is 15.1. The van der Waals surface area contributed by atoms with Crippen LogP contribution >= 0.6 is 0 Å². The Morgan fingerprint density at radius 1 is 1.20 bits per heavy atom. The molecule has 2 fully saturated rings. The average Bonchev–Trinajstić information content (AvgIpc) is 3.16. The molecule has 1 saturated heterocycles. The van der Waals surface area contributed by atoms with Gasteiger partial charge in [-0.15, -0.1) is 0 Å². The van der Waals surface area contributed by atoms with Crippen LogP contribution in [0.4, 0.5) is 0 Å². The summed E-state index contributed by atoms with van der Waals surface area (Å²) < 4.78 is 0. The lowest BCUT2D eigenvalue weighted by Gasteiger charge is -2.35. The number of rotatable bonds is 2. The minimum Gasteiger partial charge on any atom is -0.323 e. The summed E-state index contributed by atoms with van der Waals surface area (Å²) in [5, 5.41) is 7.71. The second-order valence-corrected chi connectivity index (χ2v) is 6.83. The van der Waals surface area contributed by atoms with E-state index in [-0.39, 0.29) is 6.04 Å². The molecule has 2 aliphatic carbocycles. The van der Waals surface area contributed by atoms with Crippen molar-refractivity contribution in [3.8, 4) is 0 Å². The molecule has 1 aromatic rings. The first-order valence-electron chi connectivity index (χ1n) is 8.13. The Balaban J connectivity index is 1.51. The van der Waals surface area contributed by atoms with E-state index >= 15 is 0 Å². The van der Waals surface area contributed by atoms with Crippen molar-refractivity contribution in [2.24, 2.45) is 5.73 Å². The predicted molar refractivity (Wildman–Crippen MR) is 81.6 cm³/mol. The van der Waals surface area contributed by atoms with Crippen LogP contribution in [-0.4, -0.2) is 24.2 Å². The monoisotopic (exact) mass is 271 g/mol. The first kappa shape index (κ1) is 12.8. The van der Waals surface area contributed by atoms with Crippen LogP contribution in [-0.2, 0) is 6.42 Å². The molecule has 3 nitrogen and oxygen atoms in total. The van der Waals surface area contributed by atoms with E-state index in [1.54, 1.807) is 0 Å². The van der Waals surface area contributed by atoms with E-state index in [9.17, 15) is 0 Å². The van der Waals surface area contributed by atoms with E-state index in [1.807, 2.05) is 0 Å². The summed E-state index contributed by atoms with van der Waals surface area (Å²) in [5.41, 5.74) is 9.62. The molecular weight excluding hydrogens is 246 g/mol. The summed E-state index contributed by atoms with van der Waals surface area (Å²) in [6.07, 6.45) is 7.76. The van der Waals surface area contributed by atoms with E-state index in [2.05, 4.69) is 34.9 Å². The number of hydrogen-bond acceptors (Lipinski definition) is 3. The number of benzene rings is 1. The van der Waals surface area contributed by atoms with Gasteiger partial charge in [-0.3, -0.25) is 0 Å². The first-order chi connectivity index (χ1) is 9.78. The van der Waals surface area contributed by atoms with Gasteiger partial charge in [-0.25, -0.2) is 0 Å². The van der Waals surface area contributed by atoms with E-state index < -0.39 is 0 Å². The number of fused-ring (bicyclic) bond motifs is 1. The molecule has 1 aliphatic heterocycles. The van der Waals surface area contributed by atoms with Crippen LogP contribution in [0.5, 0.6) is 0 Å². The standard InChI is InChI=1S/C17H25N3/c18-16-13-6-2-1-5-12(13)11-14(16)20-15-7-10-19-17(15)8-3-4-9-17/h1-2,5-6,14-16,19-20H,3-4,7-11,18H2/t14-,15?,16-/m1/s1. The molecule has 1 heterocycles. The summed E-state index contributed by atoms with van der Waals surface area (Å²) in [6.45, 7) is 1.16. The van der Waals surface area contributed by atoms with Crippen molar-refractivity contribution in [2.75, 3.05) is 6.54 Å². The van der Waals surface area contributed by atoms with Gasteiger partial charge in [0.15, 0.2) is 0 Å². The van der Waals surface area contributed by atoms with Crippen molar-refractivity contribution in [3.05, 3.63) is 35.4 Å². The van der Waals surface area contributed by atoms with Gasteiger partial charge in [0, 0.05) is 23.7 Å². The van der Waals surface area contributed by atoms with E-state index in [0.717, 1.165) is 13.0 Å². The minimum absolute atomic E-state index is 0.158. The van der Waals surface area contributed by atoms with Crippen molar-refractivity contribution in [1.82, 2.24) is 10.6 Å². The lowest BCUT2D eigenvalue weighted by atomic mass is 9.89. The molecular formula is C17H25N3. The topological polar surface area (TPSA) is 50.1 Å². The lowest BCUT2D eigenvalue weighted by molar-refractivity contribution is 0.271. The van der Waals surface area contributed by atoms with Gasteiger partial charge in [0.1, 0.15) is 0 Å². The molecule has 0 amide bonds. The van der Waals surface area contributed by atoms with Crippen molar-refractivity contribution < 1.29 is 0 Å². The van der Waals surface area contributed by atoms with Gasteiger partial charge in [0.25, 0.3) is 0 Å². The Morgan fingerprint density at radius 2 is 2.00 bits per heavy atom. The number of nitrogens with one attached hydrogen (secondary N) is 2. The first-order valence-corrected chi connectivity index (χ1v) is 8.13. The molecule has 3 atom stereocenters. The Kier molecular flexibility index (Phi) is 3.09. The maximum atomic E-state index is 6.47. The number of hydrogen-bond donors (Lipinski definition) is 3. The fourth-order valence-electron chi connectivity index (χ4n) is 4.69. The smallest absolute Gasteiger partial charge is 0.0456 e. The third kappa shape index (κ3) is 1.92. The van der Waals surface area contributed by atoms with Crippen LogP contribution < -0.4 is 16.4 Å². The largest absolute Gasteiger partial charge is 0.323 e. The fraction of sp³-hybridized carbons (Fsp3) is 0.647. The molecule has 108 valence electrons. The molecule has 0 bridgehead atoms. The van der Waals surface area contributed by atoms with Gasteiger partial charge in [-0.05, 0) is 43.4 Å². The van der Waals surface area contributed by atoms with Crippen molar-refractivity contribution in [1.29, 1.82) is 0 Å². The fourth-order valence-corrected chi connectivity index (χ4v) is 4.69. The third-order valence-electron chi connectivity index (χ3n) is 5.78. The van der Waals surface area contributed by atoms with Crippen LogP contribution in [0, 0.1) is 0 Å². The molecule has 4 rings (SSSR count). The SMILES string of the molecule is N[C@@H]1c2ccccc2C[C@H]1NC1CCNC12CCCC2. The van der Waals surface area contributed by atoms with Crippen molar-refractivity contribution in [3.63, 3.8) is 0 Å². The van der Waals surface area contributed by atoms with E-state index in [0.29, 0.717) is 17.6 Å². The van der Waals surface area contributed by atoms with Gasteiger partial charge in [-0.1, -0.05) is 37.1 Å². The highest BCUT2D eigenvalue weighted by Crippen LogP contribution is 2.38. The summed E-state index contributed by atoms with van der Waals surface area (Å²) in [7, 11) is 0. The Morgan fingerprint density at radius 3 is 2.80 bits per heavy atom. The molecule has 1 spiro atoms. The Labute approximate surface area is 121 Å². The lowest BCUT2D eigenvalue weighted by Crippen LogP contribution is -2.55. The molecule has 0 aromatic heterocycles. The average molecular weight is 271 g/mol. The molecule has 4 N–H and O–H groups in total. The van der Waals surface area contributed by atoms with Crippen molar-refractivity contribution >= 4 is 0 Å². The molecule has 3 heteroatoms. The summed E-state index contributed by atoms with van der Waals surface area (Å²) in [4.78, 5) is 0. The van der Waals surface area contributed by atoms with E-state index in [1.165, 1.54) is 43.2 Å². The highest BCUT2D eigenvalue weighted by Gasteiger charge is 2.46. The second kappa shape index (κ2) is 4.83. The second-order valence-electron chi connectivity index (χ2n) is 6.83. The van der Waals surface area contributed by atoms with Gasteiger partial charge in [0.05, 0.1) is 0 Å². The predicted octanol–water partition coefficient (Wildman–Crippen LogP) is 1.88. The Hall–Kier alpha value is -0.900. The maximum Gasteiger partial charge on any atom is 0.0456 e. The van der Waals surface area contributed by atoms with Gasteiger partial charge >= 0.3 is 0 Å². The van der Waals surface area contributed by atoms with Gasteiger partial charge < -0.3 is 16.4 Å². The number of nitrogens with two attached hydrogens (primary N) is 1. The van der Waals surface area contributed by atoms with Crippen molar-refractivity contribution in [2.45, 2.75) is 62.2 Å². The van der Waals surface area contributed by atoms with Crippen LogP contribution in [0.2, 0.25) is 0 Å². The van der Waals surface area contributed by atoms with Gasteiger partial charge in [-0.2, -0.15) is 0 Å².